The molecule has 1 N–H and O–H groups in total. The fraction of sp³-hybridized carbons (Fsp3) is 0.200. The van der Waals surface area contributed by atoms with Crippen molar-refractivity contribution < 1.29 is 5.11 Å². The second-order valence-electron chi connectivity index (χ2n) is 2.44. The molecule has 12 heavy (non-hydrogen) atoms. The Morgan fingerprint density at radius 1 is 1.33 bits per heavy atom. The molecule has 0 unspecified atom stereocenters. The molecule has 0 saturated heterocycles. The van der Waals surface area contributed by atoms with Crippen LogP contribution in [-0.2, 0) is 0 Å². The van der Waals surface area contributed by atoms with Crippen LogP contribution in [0, 0.1) is 0 Å². The van der Waals surface area contributed by atoms with E-state index in [1.807, 2.05) is 36.4 Å². The van der Waals surface area contributed by atoms with Crippen LogP contribution < -0.4 is 0 Å². The Kier molecular flexibility index (Phi) is 3.85. The van der Waals surface area contributed by atoms with Crippen molar-refractivity contribution in [2.24, 2.45) is 0 Å². The number of hydrogen-bond donors (Lipinski definition) is 1. The van der Waals surface area contributed by atoms with Gasteiger partial charge in [0.25, 0.3) is 0 Å². The summed E-state index contributed by atoms with van der Waals surface area (Å²) in [5.74, 6) is 0. The molecule has 0 saturated carbocycles. The summed E-state index contributed by atoms with van der Waals surface area (Å²) in [6.07, 6.45) is 4.49. The lowest BCUT2D eigenvalue weighted by atomic mass is 10.2. The van der Waals surface area contributed by atoms with Gasteiger partial charge in [-0.3, -0.25) is 0 Å². The lowest BCUT2D eigenvalue weighted by Gasteiger charge is -1.95. The van der Waals surface area contributed by atoms with Crippen LogP contribution in [-0.4, -0.2) is 11.7 Å². The first kappa shape index (κ1) is 9.30. The van der Waals surface area contributed by atoms with Gasteiger partial charge in [0, 0.05) is 11.6 Å². The highest BCUT2D eigenvalue weighted by Gasteiger charge is 1.91. The average molecular weight is 183 g/mol. The zero-order valence-corrected chi connectivity index (χ0v) is 7.46. The Morgan fingerprint density at radius 3 is 2.75 bits per heavy atom. The molecular formula is C10H11ClO. The fourth-order valence-corrected chi connectivity index (χ4v) is 1.09. The summed E-state index contributed by atoms with van der Waals surface area (Å²) in [5, 5.41) is 9.27. The summed E-state index contributed by atoms with van der Waals surface area (Å²) in [7, 11) is 0. The van der Waals surface area contributed by atoms with Crippen molar-refractivity contribution >= 4 is 17.7 Å². The van der Waals surface area contributed by atoms with Gasteiger partial charge in [0.1, 0.15) is 0 Å². The highest BCUT2D eigenvalue weighted by molar-refractivity contribution is 6.32. The fourth-order valence-electron chi connectivity index (χ4n) is 0.895. The molecule has 0 fully saturated rings. The van der Waals surface area contributed by atoms with Crippen LogP contribution in [0.5, 0.6) is 0 Å². The Labute approximate surface area is 77.3 Å². The second-order valence-corrected chi connectivity index (χ2v) is 2.84. The molecule has 0 aliphatic carbocycles. The Morgan fingerprint density at radius 2 is 2.08 bits per heavy atom. The summed E-state index contributed by atoms with van der Waals surface area (Å²) < 4.78 is 0. The summed E-state index contributed by atoms with van der Waals surface area (Å²) in [6, 6.07) is 7.62. The third kappa shape index (κ3) is 2.68. The van der Waals surface area contributed by atoms with Crippen LogP contribution in [0.15, 0.2) is 30.3 Å². The smallest absolute Gasteiger partial charge is 0.0478 e. The molecule has 1 aromatic carbocycles. The maximum atomic E-state index is 8.53. The van der Waals surface area contributed by atoms with E-state index in [-0.39, 0.29) is 6.61 Å². The lowest BCUT2D eigenvalue weighted by molar-refractivity contribution is 0.303. The number of aliphatic hydroxyl groups is 1. The Bertz CT molecular complexity index is 268. The van der Waals surface area contributed by atoms with Crippen molar-refractivity contribution in [1.82, 2.24) is 0 Å². The maximum absolute atomic E-state index is 8.53. The molecule has 0 aliphatic rings. The van der Waals surface area contributed by atoms with Gasteiger partial charge in [-0.15, -0.1) is 0 Å². The monoisotopic (exact) mass is 182 g/mol. The number of benzene rings is 1. The summed E-state index contributed by atoms with van der Waals surface area (Å²) in [5.41, 5.74) is 0.993. The predicted octanol–water partition coefficient (Wildman–Crippen LogP) is 2.74. The van der Waals surface area contributed by atoms with Crippen LogP contribution in [0.1, 0.15) is 12.0 Å². The summed E-state index contributed by atoms with van der Waals surface area (Å²) in [6.45, 7) is 0.182. The molecule has 0 radical (unpaired) electrons. The van der Waals surface area contributed by atoms with Gasteiger partial charge in [-0.1, -0.05) is 42.0 Å². The van der Waals surface area contributed by atoms with Crippen molar-refractivity contribution in [3.8, 4) is 0 Å². The molecule has 0 heterocycles. The molecule has 0 atom stereocenters. The molecule has 1 nitrogen and oxygen atoms in total. The quantitative estimate of drug-likeness (QED) is 0.762. The third-order valence-corrected chi connectivity index (χ3v) is 1.84. The average Bonchev–Trinajstić information content (AvgIpc) is 2.09. The molecule has 64 valence electrons. The molecule has 0 bridgehead atoms. The highest BCUT2D eigenvalue weighted by Crippen LogP contribution is 2.16. The lowest BCUT2D eigenvalue weighted by Crippen LogP contribution is -1.77. The molecule has 1 rings (SSSR count). The van der Waals surface area contributed by atoms with Crippen LogP contribution in [0.2, 0.25) is 5.02 Å². The van der Waals surface area contributed by atoms with Gasteiger partial charge in [-0.25, -0.2) is 0 Å². The molecule has 0 aliphatic heterocycles. The van der Waals surface area contributed by atoms with Crippen molar-refractivity contribution in [3.05, 3.63) is 40.9 Å². The van der Waals surface area contributed by atoms with Gasteiger partial charge in [0.15, 0.2) is 0 Å². The zero-order valence-electron chi connectivity index (χ0n) is 6.70. The van der Waals surface area contributed by atoms with Gasteiger partial charge >= 0.3 is 0 Å². The topological polar surface area (TPSA) is 20.2 Å². The minimum Gasteiger partial charge on any atom is -0.396 e. The Hall–Kier alpha value is -0.790. The van der Waals surface area contributed by atoms with Crippen molar-refractivity contribution in [1.29, 1.82) is 0 Å². The van der Waals surface area contributed by atoms with E-state index in [9.17, 15) is 0 Å². The molecule has 0 spiro atoms. The van der Waals surface area contributed by atoms with E-state index in [1.165, 1.54) is 0 Å². The first-order valence-electron chi connectivity index (χ1n) is 3.86. The number of aliphatic hydroxyl groups excluding tert-OH is 1. The van der Waals surface area contributed by atoms with E-state index in [1.54, 1.807) is 0 Å². The van der Waals surface area contributed by atoms with Gasteiger partial charge in [0.05, 0.1) is 0 Å². The summed E-state index contributed by atoms with van der Waals surface area (Å²) >= 11 is 5.89. The van der Waals surface area contributed by atoms with Crippen molar-refractivity contribution in [2.75, 3.05) is 6.61 Å². The minimum absolute atomic E-state index is 0.182. The van der Waals surface area contributed by atoms with Gasteiger partial charge in [0.2, 0.25) is 0 Å². The van der Waals surface area contributed by atoms with E-state index in [2.05, 4.69) is 0 Å². The third-order valence-electron chi connectivity index (χ3n) is 1.50. The first-order chi connectivity index (χ1) is 5.84. The second kappa shape index (κ2) is 4.96. The summed E-state index contributed by atoms with van der Waals surface area (Å²) in [4.78, 5) is 0. The van der Waals surface area contributed by atoms with Gasteiger partial charge in [-0.2, -0.15) is 0 Å². The van der Waals surface area contributed by atoms with E-state index in [0.717, 1.165) is 10.6 Å². The molecule has 2 heteroatoms. The largest absolute Gasteiger partial charge is 0.396 e. The van der Waals surface area contributed by atoms with Crippen molar-refractivity contribution in [2.45, 2.75) is 6.42 Å². The van der Waals surface area contributed by atoms with Crippen molar-refractivity contribution in [3.63, 3.8) is 0 Å². The Balaban J connectivity index is 2.68. The molecule has 0 aromatic heterocycles. The zero-order chi connectivity index (χ0) is 8.81. The number of rotatable bonds is 3. The predicted molar refractivity (Wildman–Crippen MR) is 52.2 cm³/mol. The van der Waals surface area contributed by atoms with Crippen LogP contribution in [0.25, 0.3) is 6.08 Å². The van der Waals surface area contributed by atoms with Crippen LogP contribution in [0.4, 0.5) is 0 Å². The van der Waals surface area contributed by atoms with E-state index < -0.39 is 0 Å². The van der Waals surface area contributed by atoms with E-state index in [4.69, 9.17) is 16.7 Å². The maximum Gasteiger partial charge on any atom is 0.0478 e. The number of halogens is 1. The normalized spacial score (nSPS) is 10.8. The molecular weight excluding hydrogens is 172 g/mol. The van der Waals surface area contributed by atoms with Crippen LogP contribution in [0.3, 0.4) is 0 Å². The minimum atomic E-state index is 0.182. The van der Waals surface area contributed by atoms with Crippen LogP contribution >= 0.6 is 11.6 Å². The molecule has 1 aromatic rings. The van der Waals surface area contributed by atoms with Gasteiger partial charge < -0.3 is 5.11 Å². The molecule has 0 amide bonds. The first-order valence-corrected chi connectivity index (χ1v) is 4.24. The highest BCUT2D eigenvalue weighted by atomic mass is 35.5. The van der Waals surface area contributed by atoms with E-state index in [0.29, 0.717) is 6.42 Å². The SMILES string of the molecule is OCC/C=C/c1ccccc1Cl. The van der Waals surface area contributed by atoms with E-state index >= 15 is 0 Å². The standard InChI is InChI=1S/C10H11ClO/c11-10-7-2-1-5-9(10)6-3-4-8-12/h1-3,5-7,12H,4,8H2/b6-3+. The number of hydrogen-bond acceptors (Lipinski definition) is 1. The van der Waals surface area contributed by atoms with Gasteiger partial charge in [-0.05, 0) is 18.1 Å².